The summed E-state index contributed by atoms with van der Waals surface area (Å²) in [6.45, 7) is 0. The van der Waals surface area contributed by atoms with Crippen LogP contribution in [0.15, 0.2) is 0 Å². The lowest BCUT2D eigenvalue weighted by molar-refractivity contribution is -0.328. The van der Waals surface area contributed by atoms with Crippen molar-refractivity contribution in [3.63, 3.8) is 0 Å². The number of alkyl halides is 9. The minimum atomic E-state index is -5.54. The third-order valence-corrected chi connectivity index (χ3v) is 4.01. The molecule has 1 nitrogen and oxygen atoms in total. The van der Waals surface area contributed by atoms with Crippen molar-refractivity contribution < 1.29 is 31.1 Å². The first-order chi connectivity index (χ1) is 7.54. The summed E-state index contributed by atoms with van der Waals surface area (Å²) in [7, 11) is 0. The zero-order chi connectivity index (χ0) is 13.9. The fourth-order valence-corrected chi connectivity index (χ4v) is 2.04. The second-order valence-electron chi connectivity index (χ2n) is 2.96. The molecule has 0 saturated heterocycles. The predicted molar refractivity (Wildman–Crippen MR) is 60.0 cm³/mol. The molecule has 0 aliphatic heterocycles. The van der Waals surface area contributed by atoms with E-state index in [1.54, 1.807) is 22.6 Å². The van der Waals surface area contributed by atoms with Gasteiger partial charge in [-0.15, -0.1) is 23.2 Å². The van der Waals surface area contributed by atoms with Crippen molar-refractivity contribution in [3.05, 3.63) is 0 Å². The van der Waals surface area contributed by atoms with Gasteiger partial charge in [0.2, 0.25) is 6.10 Å². The summed E-state index contributed by atoms with van der Waals surface area (Å²) in [6, 6.07) is 0. The van der Waals surface area contributed by atoms with Crippen LogP contribution in [0, 0.1) is 0 Å². The molecule has 0 aromatic rings. The molecule has 2 atom stereocenters. The molecule has 17 heavy (non-hydrogen) atoms. The van der Waals surface area contributed by atoms with Gasteiger partial charge in [0, 0.05) is 11.8 Å². The maximum absolute atomic E-state index is 12.2. The number of rotatable bonds is 5. The normalized spacial score (nSPS) is 17.3. The number of hydrogen-bond acceptors (Lipinski definition) is 1. The van der Waals surface area contributed by atoms with E-state index in [9.17, 15) is 26.3 Å². The molecule has 0 aliphatic carbocycles. The second-order valence-corrected chi connectivity index (χ2v) is 5.18. The molecule has 0 fully saturated rings. The van der Waals surface area contributed by atoms with Crippen LogP contribution in [0.25, 0.3) is 0 Å². The lowest BCUT2D eigenvalue weighted by Gasteiger charge is -2.28. The van der Waals surface area contributed by atoms with Crippen LogP contribution < -0.4 is 0 Å². The third kappa shape index (κ3) is 6.02. The topological polar surface area (TPSA) is 9.23 Å². The quantitative estimate of drug-likeness (QED) is 0.370. The van der Waals surface area contributed by atoms with Crippen LogP contribution in [0.3, 0.4) is 0 Å². The molecule has 0 aromatic heterocycles. The summed E-state index contributed by atoms with van der Waals surface area (Å²) in [6.07, 6.45) is -16.3. The Morgan fingerprint density at radius 1 is 0.941 bits per heavy atom. The molecule has 0 rings (SSSR count). The van der Waals surface area contributed by atoms with E-state index in [-0.39, 0.29) is 5.88 Å². The minimum Gasteiger partial charge on any atom is -0.355 e. The summed E-state index contributed by atoms with van der Waals surface area (Å²) in [5.74, 6) is -0.677. The first-order valence-corrected chi connectivity index (χ1v) is 6.40. The van der Waals surface area contributed by atoms with Crippen LogP contribution >= 0.6 is 45.8 Å². The van der Waals surface area contributed by atoms with E-state index in [4.69, 9.17) is 23.2 Å². The Bertz CT molecular complexity index is 219. The van der Waals surface area contributed by atoms with Gasteiger partial charge in [0.05, 0.1) is 10.0 Å². The van der Waals surface area contributed by atoms with Crippen LogP contribution in [0.2, 0.25) is 0 Å². The Labute approximate surface area is 117 Å². The largest absolute Gasteiger partial charge is 0.423 e. The summed E-state index contributed by atoms with van der Waals surface area (Å²) < 4.78 is 76.2. The highest BCUT2D eigenvalue weighted by atomic mass is 127. The molecule has 0 bridgehead atoms. The van der Waals surface area contributed by atoms with Crippen LogP contribution in [0.1, 0.15) is 0 Å². The lowest BCUT2D eigenvalue weighted by atomic mass is 10.2. The highest BCUT2D eigenvalue weighted by Gasteiger charge is 2.59. The van der Waals surface area contributed by atoms with Gasteiger partial charge in [-0.05, 0) is 0 Å². The average molecular weight is 419 g/mol. The van der Waals surface area contributed by atoms with Crippen molar-refractivity contribution in [2.75, 3.05) is 11.8 Å². The lowest BCUT2D eigenvalue weighted by Crippen LogP contribution is -2.48. The van der Waals surface area contributed by atoms with Gasteiger partial charge in [-0.1, -0.05) is 22.6 Å². The van der Waals surface area contributed by atoms with Gasteiger partial charge in [-0.3, -0.25) is 0 Å². The molecule has 0 saturated carbocycles. The van der Waals surface area contributed by atoms with Crippen molar-refractivity contribution >= 4 is 45.8 Å². The maximum Gasteiger partial charge on any atom is 0.423 e. The van der Waals surface area contributed by atoms with Gasteiger partial charge in [0.15, 0.2) is 0 Å². The average Bonchev–Trinajstić information content (AvgIpc) is 2.14. The van der Waals surface area contributed by atoms with Crippen LogP contribution in [-0.4, -0.2) is 40.2 Å². The molecule has 0 spiro atoms. The van der Waals surface area contributed by atoms with Crippen LogP contribution in [0.4, 0.5) is 26.3 Å². The molecule has 10 heteroatoms. The van der Waals surface area contributed by atoms with Crippen molar-refractivity contribution in [3.8, 4) is 0 Å². The number of hydrogen-bond donors (Lipinski definition) is 0. The van der Waals surface area contributed by atoms with Gasteiger partial charge >= 0.3 is 12.4 Å². The fraction of sp³-hybridized carbons (Fsp3) is 1.00. The van der Waals surface area contributed by atoms with Gasteiger partial charge in [0.1, 0.15) is 0 Å². The summed E-state index contributed by atoms with van der Waals surface area (Å²) in [5, 5.41) is 0. The van der Waals surface area contributed by atoms with Gasteiger partial charge < -0.3 is 4.74 Å². The van der Waals surface area contributed by atoms with Gasteiger partial charge in [0.25, 0.3) is 0 Å². The van der Waals surface area contributed by atoms with E-state index in [1.807, 2.05) is 0 Å². The van der Waals surface area contributed by atoms with Gasteiger partial charge in [-0.25, -0.2) is 0 Å². The zero-order valence-corrected chi connectivity index (χ0v) is 11.6. The van der Waals surface area contributed by atoms with E-state index >= 15 is 0 Å². The van der Waals surface area contributed by atoms with Gasteiger partial charge in [-0.2, -0.15) is 26.3 Å². The van der Waals surface area contributed by atoms with Crippen molar-refractivity contribution in [1.29, 1.82) is 0 Å². The van der Waals surface area contributed by atoms with E-state index in [2.05, 4.69) is 4.74 Å². The molecule has 0 aromatic carbocycles. The minimum absolute atomic E-state index is 0.166. The van der Waals surface area contributed by atoms with Crippen LogP contribution in [-0.2, 0) is 4.74 Å². The SMILES string of the molecule is FC(F)(F)C(OC(CCl)C(I)CCl)C(F)(F)F. The molecule has 0 radical (unpaired) electrons. The fourth-order valence-electron chi connectivity index (χ4n) is 0.832. The molecule has 0 N–H and O–H groups in total. The van der Waals surface area contributed by atoms with E-state index in [0.717, 1.165) is 0 Å². The summed E-state index contributed by atoms with van der Waals surface area (Å²) >= 11 is 12.2. The smallest absolute Gasteiger partial charge is 0.355 e. The van der Waals surface area contributed by atoms with Crippen molar-refractivity contribution in [1.82, 2.24) is 0 Å². The third-order valence-electron chi connectivity index (χ3n) is 1.61. The Balaban J connectivity index is 4.87. The van der Waals surface area contributed by atoms with Crippen molar-refractivity contribution in [2.24, 2.45) is 0 Å². The molecule has 0 heterocycles. The zero-order valence-electron chi connectivity index (χ0n) is 7.96. The van der Waals surface area contributed by atoms with E-state index < -0.39 is 34.4 Å². The first kappa shape index (κ1) is 17.8. The predicted octanol–water partition coefficient (Wildman–Crippen LogP) is 4.15. The molecular formula is C7H7Cl2F6IO. The Kier molecular flexibility index (Phi) is 7.20. The maximum atomic E-state index is 12.2. The summed E-state index contributed by atoms with van der Waals surface area (Å²) in [5.41, 5.74) is 0. The molecule has 2 unspecified atom stereocenters. The van der Waals surface area contributed by atoms with Crippen LogP contribution in [0.5, 0.6) is 0 Å². The highest BCUT2D eigenvalue weighted by molar-refractivity contribution is 14.1. The number of halogens is 9. The molecule has 0 aliphatic rings. The standard InChI is InChI=1S/C7H7Cl2F6IO/c8-1-3(16)4(2-9)17-5(6(10,11)12)7(13,14)15/h3-5H,1-2H2. The summed E-state index contributed by atoms with van der Waals surface area (Å²) in [4.78, 5) is 0. The second kappa shape index (κ2) is 6.85. The Hall–Kier alpha value is 0.850. The van der Waals surface area contributed by atoms with E-state index in [1.165, 1.54) is 0 Å². The Morgan fingerprint density at radius 2 is 1.35 bits per heavy atom. The van der Waals surface area contributed by atoms with Crippen molar-refractivity contribution in [2.45, 2.75) is 28.5 Å². The molecule has 0 amide bonds. The van der Waals surface area contributed by atoms with E-state index in [0.29, 0.717) is 0 Å². The first-order valence-electron chi connectivity index (χ1n) is 4.09. The molecular weight excluding hydrogens is 412 g/mol. The monoisotopic (exact) mass is 418 g/mol. The Morgan fingerprint density at radius 3 is 1.59 bits per heavy atom. The molecule has 104 valence electrons. The highest BCUT2D eigenvalue weighted by Crippen LogP contribution is 2.37. The number of ether oxygens (including phenoxy) is 1.